The highest BCUT2D eigenvalue weighted by Crippen LogP contribution is 2.56. The summed E-state index contributed by atoms with van der Waals surface area (Å²) in [6, 6.07) is 33.1. The van der Waals surface area contributed by atoms with Gasteiger partial charge in [0.05, 0.1) is 5.82 Å². The number of unbranched alkanes of at least 4 members (excludes halogenated alkanes) is 7. The van der Waals surface area contributed by atoms with E-state index >= 15 is 0 Å². The van der Waals surface area contributed by atoms with Crippen molar-refractivity contribution < 1.29 is 5.11 Å². The van der Waals surface area contributed by atoms with E-state index in [-0.39, 0.29) is 17.0 Å². The lowest BCUT2D eigenvalue weighted by Gasteiger charge is -2.24. The lowest BCUT2D eigenvalue weighted by molar-refractivity contribution is 0.282. The molecule has 1 nitrogen and oxygen atoms in total. The predicted molar refractivity (Wildman–Crippen MR) is 149 cm³/mol. The zero-order chi connectivity index (χ0) is 21.6. The number of aliphatic hydroxyl groups excluding tert-OH is 1. The molecule has 0 unspecified atom stereocenters. The molecule has 3 aromatic carbocycles. The maximum absolute atomic E-state index is 8.87. The second-order valence-corrected chi connectivity index (χ2v) is 11.4. The molecule has 3 heteroatoms. The summed E-state index contributed by atoms with van der Waals surface area (Å²) in [7, 11) is -1.83. The summed E-state index contributed by atoms with van der Waals surface area (Å²) in [5, 5.41) is 13.1. The van der Waals surface area contributed by atoms with Gasteiger partial charge in [0, 0.05) is 6.61 Å². The van der Waals surface area contributed by atoms with Crippen molar-refractivity contribution in [2.75, 3.05) is 6.61 Å². The van der Waals surface area contributed by atoms with E-state index in [9.17, 15) is 0 Å². The molecule has 0 bridgehead atoms. The Kier molecular flexibility index (Phi) is 12.6. The highest BCUT2D eigenvalue weighted by Gasteiger charge is 2.42. The summed E-state index contributed by atoms with van der Waals surface area (Å²) < 4.78 is 0. The second-order valence-electron chi connectivity index (χ2n) is 8.10. The Labute approximate surface area is 205 Å². The first kappa shape index (κ1) is 26.5. The van der Waals surface area contributed by atoms with Gasteiger partial charge in [-0.15, -0.1) is 17.0 Å². The molecule has 0 heterocycles. The van der Waals surface area contributed by atoms with E-state index in [1.54, 1.807) is 0 Å². The van der Waals surface area contributed by atoms with Crippen LogP contribution >= 0.6 is 24.2 Å². The third-order valence-electron chi connectivity index (χ3n) is 5.85. The molecule has 0 aliphatic rings. The van der Waals surface area contributed by atoms with Crippen LogP contribution in [-0.4, -0.2) is 11.7 Å². The van der Waals surface area contributed by atoms with Gasteiger partial charge < -0.3 is 5.11 Å². The van der Waals surface area contributed by atoms with Crippen molar-refractivity contribution in [3.8, 4) is 0 Å². The molecule has 0 amide bonds. The van der Waals surface area contributed by atoms with Gasteiger partial charge in [-0.25, -0.2) is 0 Å². The van der Waals surface area contributed by atoms with Crippen molar-refractivity contribution in [1.82, 2.24) is 0 Å². The maximum atomic E-state index is 8.87. The minimum absolute atomic E-state index is 0. The van der Waals surface area contributed by atoms with E-state index in [1.165, 1.54) is 48.0 Å². The third-order valence-corrected chi connectivity index (χ3v) is 9.84. The molecular weight excluding hydrogens is 475 g/mol. The molecule has 0 radical (unpaired) electrons. The van der Waals surface area contributed by atoms with Crippen LogP contribution in [0.5, 0.6) is 0 Å². The van der Waals surface area contributed by atoms with Gasteiger partial charge in [0.1, 0.15) is 23.2 Å². The number of rotatable bonds is 13. The fraction of sp³-hybridized carbons (Fsp3) is 0.310. The minimum atomic E-state index is -1.83. The Morgan fingerprint density at radius 1 is 0.531 bits per heavy atom. The molecular formula is C29H37BrOP+. The monoisotopic (exact) mass is 511 g/mol. The normalized spacial score (nSPS) is 11.4. The van der Waals surface area contributed by atoms with Gasteiger partial charge in [0.25, 0.3) is 0 Å². The molecule has 0 atom stereocenters. The van der Waals surface area contributed by atoms with Crippen molar-refractivity contribution in [2.45, 2.75) is 51.4 Å². The summed E-state index contributed by atoms with van der Waals surface area (Å²) in [6.07, 6.45) is 12.1. The quantitative estimate of drug-likeness (QED) is 0.190. The number of hydrogen-bond acceptors (Lipinski definition) is 1. The van der Waals surface area contributed by atoms with Gasteiger partial charge in [-0.05, 0) is 61.7 Å². The first-order valence-electron chi connectivity index (χ1n) is 11.7. The van der Waals surface area contributed by atoms with E-state index in [0.717, 1.165) is 19.3 Å². The van der Waals surface area contributed by atoms with Crippen molar-refractivity contribution in [1.29, 1.82) is 0 Å². The Balaban J connectivity index is 0.00000363. The van der Waals surface area contributed by atoms with Crippen LogP contribution in [0.2, 0.25) is 0 Å². The maximum Gasteiger partial charge on any atom is 0.136 e. The molecule has 0 aliphatic heterocycles. The predicted octanol–water partition coefficient (Wildman–Crippen LogP) is 7.19. The summed E-state index contributed by atoms with van der Waals surface area (Å²) in [5.74, 6) is 2.54. The molecule has 0 saturated carbocycles. The van der Waals surface area contributed by atoms with Gasteiger partial charge in [0.15, 0.2) is 0 Å². The van der Waals surface area contributed by atoms with Crippen LogP contribution in [0.3, 0.4) is 0 Å². The fourth-order valence-corrected chi connectivity index (χ4v) is 7.99. The van der Waals surface area contributed by atoms with Crippen LogP contribution in [0.4, 0.5) is 0 Å². The molecule has 32 heavy (non-hydrogen) atoms. The van der Waals surface area contributed by atoms with E-state index in [2.05, 4.69) is 103 Å². The molecule has 1 N–H and O–H groups in total. The number of hydrogen-bond donors (Lipinski definition) is 1. The average Bonchev–Trinajstić information content (AvgIpc) is 2.84. The Morgan fingerprint density at radius 3 is 1.31 bits per heavy atom. The van der Waals surface area contributed by atoms with Gasteiger partial charge in [-0.1, -0.05) is 86.7 Å². The van der Waals surface area contributed by atoms with Crippen LogP contribution in [0.25, 0.3) is 0 Å². The molecule has 0 aliphatic carbocycles. The van der Waals surface area contributed by atoms with Gasteiger partial charge in [-0.2, -0.15) is 0 Å². The topological polar surface area (TPSA) is 20.2 Å². The Morgan fingerprint density at radius 2 is 0.906 bits per heavy atom. The van der Waals surface area contributed by atoms with Crippen molar-refractivity contribution in [3.63, 3.8) is 0 Å². The SMILES string of the molecule is Br.OCCCCCCCCCC=C[P+](c1ccccc1)(c1ccccc1)c1ccccc1. The summed E-state index contributed by atoms with van der Waals surface area (Å²) in [5.41, 5.74) is 0. The summed E-state index contributed by atoms with van der Waals surface area (Å²) >= 11 is 0. The minimum Gasteiger partial charge on any atom is -0.396 e. The van der Waals surface area contributed by atoms with Crippen LogP contribution in [0, 0.1) is 0 Å². The van der Waals surface area contributed by atoms with Crippen molar-refractivity contribution in [2.24, 2.45) is 0 Å². The van der Waals surface area contributed by atoms with Crippen LogP contribution in [0.1, 0.15) is 51.4 Å². The lowest BCUT2D eigenvalue weighted by atomic mass is 10.1. The molecule has 3 rings (SSSR count). The highest BCUT2D eigenvalue weighted by molar-refractivity contribution is 8.93. The zero-order valence-electron chi connectivity index (χ0n) is 19.0. The molecule has 0 spiro atoms. The summed E-state index contributed by atoms with van der Waals surface area (Å²) in [6.45, 7) is 0.333. The van der Waals surface area contributed by atoms with E-state index in [1.807, 2.05) is 0 Å². The molecule has 0 fully saturated rings. The zero-order valence-corrected chi connectivity index (χ0v) is 21.6. The fourth-order valence-electron chi connectivity index (χ4n) is 4.19. The van der Waals surface area contributed by atoms with Crippen molar-refractivity contribution >= 4 is 40.2 Å². The number of halogens is 1. The van der Waals surface area contributed by atoms with Crippen LogP contribution in [-0.2, 0) is 0 Å². The molecule has 3 aromatic rings. The smallest absolute Gasteiger partial charge is 0.136 e. The van der Waals surface area contributed by atoms with Gasteiger partial charge in [-0.3, -0.25) is 0 Å². The highest BCUT2D eigenvalue weighted by atomic mass is 79.9. The van der Waals surface area contributed by atoms with E-state index < -0.39 is 7.26 Å². The Hall–Kier alpha value is -1.73. The third kappa shape index (κ3) is 7.41. The van der Waals surface area contributed by atoms with Crippen molar-refractivity contribution in [3.05, 3.63) is 103 Å². The van der Waals surface area contributed by atoms with Crippen LogP contribution < -0.4 is 15.9 Å². The first-order chi connectivity index (χ1) is 15.4. The largest absolute Gasteiger partial charge is 0.396 e. The second kappa shape index (κ2) is 15.2. The lowest BCUT2D eigenvalue weighted by Crippen LogP contribution is -2.29. The number of aliphatic hydroxyl groups is 1. The molecule has 0 saturated heterocycles. The molecule has 0 aromatic heterocycles. The van der Waals surface area contributed by atoms with Gasteiger partial charge >= 0.3 is 0 Å². The van der Waals surface area contributed by atoms with Crippen LogP contribution in [0.15, 0.2) is 103 Å². The van der Waals surface area contributed by atoms with E-state index in [4.69, 9.17) is 5.11 Å². The average molecular weight is 512 g/mol. The Bertz CT molecular complexity index is 784. The van der Waals surface area contributed by atoms with E-state index in [0.29, 0.717) is 6.61 Å². The standard InChI is InChI=1S/C29H36OP.BrH/c30-25-17-6-4-2-1-3-5-7-18-26-31(27-19-11-8-12-20-27,28-21-13-9-14-22-28)29-23-15-10-16-24-29;/h8-16,18-24,26,30H,1-7,17,25H2;1H/q+1;. The number of allylic oxidation sites excluding steroid dienone is 1. The summed E-state index contributed by atoms with van der Waals surface area (Å²) in [4.78, 5) is 0. The number of benzene rings is 3. The van der Waals surface area contributed by atoms with Gasteiger partial charge in [0.2, 0.25) is 0 Å². The first-order valence-corrected chi connectivity index (χ1v) is 13.6. The molecule has 170 valence electrons.